The average molecular weight is 391 g/mol. The van der Waals surface area contributed by atoms with Crippen molar-refractivity contribution in [3.05, 3.63) is 83.0 Å². The van der Waals surface area contributed by atoms with Crippen LogP contribution in [0.15, 0.2) is 60.7 Å². The number of nitrogens with one attached hydrogen (secondary N) is 2. The molecule has 2 aromatic carbocycles. The number of Topliss-reactive ketones (excluding diaryl/α,β-unsaturated/α-hetero) is 1. The Morgan fingerprint density at radius 2 is 1.89 bits per heavy atom. The maximum Gasteiger partial charge on any atom is 0.163 e. The second-order valence-electron chi connectivity index (χ2n) is 7.41. The van der Waals surface area contributed by atoms with E-state index >= 15 is 0 Å². The number of carbonyl (C=O) groups excluding carboxylic acids is 1. The molecule has 1 saturated heterocycles. The Hall–Kier alpha value is -2.30. The minimum absolute atomic E-state index is 0.213. The number of hydrogen-bond acceptors (Lipinski definition) is 3. The van der Waals surface area contributed by atoms with Crippen LogP contribution in [0.1, 0.15) is 33.6 Å². The number of rotatable bonds is 7. The van der Waals surface area contributed by atoms with E-state index in [1.165, 1.54) is 16.7 Å². The van der Waals surface area contributed by atoms with Crippen molar-refractivity contribution in [2.75, 3.05) is 12.4 Å². The van der Waals surface area contributed by atoms with Crippen molar-refractivity contribution in [3.8, 4) is 11.3 Å². The van der Waals surface area contributed by atoms with E-state index in [-0.39, 0.29) is 5.78 Å². The first-order valence-corrected chi connectivity index (χ1v) is 10.9. The lowest BCUT2D eigenvalue weighted by Gasteiger charge is -2.08. The van der Waals surface area contributed by atoms with Gasteiger partial charge in [-0.05, 0) is 42.5 Å². The molecule has 144 valence electrons. The van der Waals surface area contributed by atoms with Crippen molar-refractivity contribution in [2.24, 2.45) is 0 Å². The molecule has 0 bridgehead atoms. The Kier molecular flexibility index (Phi) is 5.98. The lowest BCUT2D eigenvalue weighted by Crippen LogP contribution is -2.14. The highest BCUT2D eigenvalue weighted by atomic mass is 32.2. The first-order chi connectivity index (χ1) is 13.7. The van der Waals surface area contributed by atoms with Crippen molar-refractivity contribution in [1.82, 2.24) is 10.3 Å². The first-order valence-electron chi connectivity index (χ1n) is 9.87. The topological polar surface area (TPSA) is 44.9 Å². The van der Waals surface area contributed by atoms with E-state index in [0.717, 1.165) is 42.2 Å². The van der Waals surface area contributed by atoms with Gasteiger partial charge in [0.1, 0.15) is 0 Å². The maximum atomic E-state index is 12.6. The van der Waals surface area contributed by atoms with Gasteiger partial charge in [0.15, 0.2) is 5.78 Å². The number of aromatic nitrogens is 1. The number of benzene rings is 2. The van der Waals surface area contributed by atoms with E-state index in [4.69, 9.17) is 0 Å². The molecule has 1 unspecified atom stereocenters. The lowest BCUT2D eigenvalue weighted by molar-refractivity contribution is 0.0983. The first kappa shape index (κ1) is 19.0. The Labute approximate surface area is 171 Å². The Balaban J connectivity index is 1.36. The van der Waals surface area contributed by atoms with Gasteiger partial charge in [0.2, 0.25) is 0 Å². The molecule has 4 rings (SSSR count). The van der Waals surface area contributed by atoms with E-state index < -0.39 is 0 Å². The van der Waals surface area contributed by atoms with Gasteiger partial charge in [0.05, 0.1) is 0 Å². The predicted molar refractivity (Wildman–Crippen MR) is 118 cm³/mol. The molecule has 0 amide bonds. The average Bonchev–Trinajstić information content (AvgIpc) is 3.37. The number of hydrogen-bond donors (Lipinski definition) is 2. The van der Waals surface area contributed by atoms with E-state index in [9.17, 15) is 4.79 Å². The number of aryl methyl sites for hydroxylation is 2. The van der Waals surface area contributed by atoms with Crippen molar-refractivity contribution in [3.63, 3.8) is 0 Å². The van der Waals surface area contributed by atoms with Crippen LogP contribution >= 0.6 is 11.8 Å². The monoisotopic (exact) mass is 390 g/mol. The molecular weight excluding hydrogens is 364 g/mol. The summed E-state index contributed by atoms with van der Waals surface area (Å²) >= 11 is 1.97. The van der Waals surface area contributed by atoms with Crippen molar-refractivity contribution in [2.45, 2.75) is 31.4 Å². The summed E-state index contributed by atoms with van der Waals surface area (Å²) in [6.07, 6.45) is 2.37. The Bertz CT molecular complexity index is 925. The smallest absolute Gasteiger partial charge is 0.163 e. The van der Waals surface area contributed by atoms with Crippen LogP contribution in [0, 0.1) is 6.92 Å². The highest BCUT2D eigenvalue weighted by Gasteiger charge is 2.16. The van der Waals surface area contributed by atoms with Gasteiger partial charge in [-0.3, -0.25) is 4.79 Å². The van der Waals surface area contributed by atoms with E-state index in [1.807, 2.05) is 42.1 Å². The molecule has 0 saturated carbocycles. The van der Waals surface area contributed by atoms with Gasteiger partial charge in [-0.2, -0.15) is 0 Å². The van der Waals surface area contributed by atoms with Crippen molar-refractivity contribution < 1.29 is 4.79 Å². The molecular formula is C24H26N2OS. The van der Waals surface area contributed by atoms with Gasteiger partial charge in [0.25, 0.3) is 0 Å². The molecule has 0 radical (unpaired) electrons. The van der Waals surface area contributed by atoms with Crippen LogP contribution in [0.2, 0.25) is 0 Å². The van der Waals surface area contributed by atoms with Crippen LogP contribution in [-0.4, -0.2) is 28.4 Å². The van der Waals surface area contributed by atoms with Gasteiger partial charge in [-0.15, -0.1) is 11.8 Å². The summed E-state index contributed by atoms with van der Waals surface area (Å²) in [7, 11) is 0. The molecule has 2 N–H and O–H groups in total. The fraction of sp³-hybridized carbons (Fsp3) is 0.292. The van der Waals surface area contributed by atoms with Gasteiger partial charge < -0.3 is 10.3 Å². The van der Waals surface area contributed by atoms with Crippen LogP contribution in [0.4, 0.5) is 0 Å². The molecule has 1 aliphatic heterocycles. The Morgan fingerprint density at radius 3 is 2.61 bits per heavy atom. The second kappa shape index (κ2) is 8.80. The fourth-order valence-electron chi connectivity index (χ4n) is 3.70. The highest BCUT2D eigenvalue weighted by Crippen LogP contribution is 2.23. The summed E-state index contributed by atoms with van der Waals surface area (Å²) in [4.78, 5) is 16.1. The standard InChI is InChI=1S/C24H26N2OS/c1-17-21(14-23(26-17)19-5-3-2-4-6-19)11-12-24(27)20-9-7-18(8-10-20)13-22-15-25-16-28-22/h2-10,14,22,25-26H,11-13,15-16H2,1H3. The predicted octanol–water partition coefficient (Wildman–Crippen LogP) is 5.01. The zero-order valence-corrected chi connectivity index (χ0v) is 17.0. The summed E-state index contributed by atoms with van der Waals surface area (Å²) in [6, 6.07) is 20.7. The van der Waals surface area contributed by atoms with Crippen molar-refractivity contribution >= 4 is 17.5 Å². The molecule has 3 aromatic rings. The number of ketones is 1. The van der Waals surface area contributed by atoms with Crippen LogP contribution in [-0.2, 0) is 12.8 Å². The third-order valence-electron chi connectivity index (χ3n) is 5.36. The zero-order chi connectivity index (χ0) is 19.3. The molecule has 1 atom stereocenters. The van der Waals surface area contributed by atoms with E-state index in [1.54, 1.807) is 0 Å². The summed E-state index contributed by atoms with van der Waals surface area (Å²) in [6.45, 7) is 3.16. The molecule has 3 nitrogen and oxygen atoms in total. The molecule has 1 aliphatic rings. The molecule has 4 heteroatoms. The fourth-order valence-corrected chi connectivity index (χ4v) is 4.72. The lowest BCUT2D eigenvalue weighted by atomic mass is 10.0. The number of thioether (sulfide) groups is 1. The highest BCUT2D eigenvalue weighted by molar-refractivity contribution is 8.00. The molecule has 0 spiro atoms. The van der Waals surface area contributed by atoms with E-state index in [0.29, 0.717) is 11.7 Å². The van der Waals surface area contributed by atoms with Gasteiger partial charge >= 0.3 is 0 Å². The molecule has 28 heavy (non-hydrogen) atoms. The van der Waals surface area contributed by atoms with Crippen molar-refractivity contribution in [1.29, 1.82) is 0 Å². The minimum Gasteiger partial charge on any atom is -0.358 e. The van der Waals surface area contributed by atoms with Gasteiger partial charge in [0, 0.05) is 41.0 Å². The molecule has 1 fully saturated rings. The number of carbonyl (C=O) groups is 1. The van der Waals surface area contributed by atoms with Gasteiger partial charge in [-0.25, -0.2) is 0 Å². The van der Waals surface area contributed by atoms with E-state index in [2.05, 4.69) is 47.6 Å². The van der Waals surface area contributed by atoms with Crippen LogP contribution in [0.25, 0.3) is 11.3 Å². The summed E-state index contributed by atoms with van der Waals surface area (Å²) in [5.74, 6) is 1.26. The number of aromatic amines is 1. The third kappa shape index (κ3) is 4.57. The van der Waals surface area contributed by atoms with Crippen LogP contribution in [0.5, 0.6) is 0 Å². The Morgan fingerprint density at radius 1 is 1.11 bits per heavy atom. The second-order valence-corrected chi connectivity index (χ2v) is 8.70. The minimum atomic E-state index is 0.213. The third-order valence-corrected chi connectivity index (χ3v) is 6.54. The van der Waals surface area contributed by atoms with Gasteiger partial charge in [-0.1, -0.05) is 54.6 Å². The van der Waals surface area contributed by atoms with Crippen LogP contribution in [0.3, 0.4) is 0 Å². The SMILES string of the molecule is Cc1[nH]c(-c2ccccc2)cc1CCC(=O)c1ccc(CC2CNCS2)cc1. The molecule has 2 heterocycles. The maximum absolute atomic E-state index is 12.6. The summed E-state index contributed by atoms with van der Waals surface area (Å²) < 4.78 is 0. The zero-order valence-electron chi connectivity index (χ0n) is 16.2. The normalized spacial score (nSPS) is 16.4. The molecule has 1 aromatic heterocycles. The van der Waals surface area contributed by atoms with Crippen LogP contribution < -0.4 is 5.32 Å². The number of H-pyrrole nitrogens is 1. The molecule has 0 aliphatic carbocycles. The largest absolute Gasteiger partial charge is 0.358 e. The summed E-state index contributed by atoms with van der Waals surface area (Å²) in [5, 5.41) is 4.03. The summed E-state index contributed by atoms with van der Waals surface area (Å²) in [5.41, 5.74) is 6.78. The quantitative estimate of drug-likeness (QED) is 0.557.